The zero-order valence-electron chi connectivity index (χ0n) is 10.1. The van der Waals surface area contributed by atoms with Crippen LogP contribution in [-0.2, 0) is 19.1 Å². The van der Waals surface area contributed by atoms with Crippen LogP contribution in [0.3, 0.4) is 0 Å². The smallest absolute Gasteiger partial charge is 0.326 e. The van der Waals surface area contributed by atoms with Crippen LogP contribution in [0.2, 0.25) is 0 Å². The Balaban J connectivity index is 2.04. The molecule has 0 aromatic carbocycles. The second-order valence-electron chi connectivity index (χ2n) is 4.86. The van der Waals surface area contributed by atoms with Crippen molar-refractivity contribution < 1.29 is 19.1 Å². The quantitative estimate of drug-likeness (QED) is 0.534. The third-order valence-corrected chi connectivity index (χ3v) is 3.56. The Morgan fingerprint density at radius 3 is 2.29 bits per heavy atom. The van der Waals surface area contributed by atoms with Crippen molar-refractivity contribution in [2.24, 2.45) is 17.8 Å². The molecule has 17 heavy (non-hydrogen) atoms. The lowest BCUT2D eigenvalue weighted by molar-refractivity contribution is -0.153. The summed E-state index contributed by atoms with van der Waals surface area (Å²) in [5.74, 6) is -0.890. The molecule has 0 spiro atoms. The summed E-state index contributed by atoms with van der Waals surface area (Å²) in [4.78, 5) is 36.3. The van der Waals surface area contributed by atoms with Crippen molar-refractivity contribution in [1.82, 2.24) is 4.90 Å². The Kier molecular flexibility index (Phi) is 3.17. The number of hydrogen-bond acceptors (Lipinski definition) is 4. The van der Waals surface area contributed by atoms with E-state index in [0.717, 1.165) is 17.7 Å². The second-order valence-corrected chi connectivity index (χ2v) is 4.86. The summed E-state index contributed by atoms with van der Waals surface area (Å²) in [6, 6.07) is 0. The number of esters is 1. The summed E-state index contributed by atoms with van der Waals surface area (Å²) in [7, 11) is 0. The van der Waals surface area contributed by atoms with Crippen LogP contribution in [0.1, 0.15) is 26.7 Å². The number of carbonyl (C=O) groups is 3. The minimum atomic E-state index is -0.512. The third kappa shape index (κ3) is 2.06. The van der Waals surface area contributed by atoms with Crippen LogP contribution in [-0.4, -0.2) is 35.8 Å². The molecule has 0 bridgehead atoms. The molecule has 1 saturated carbocycles. The molecule has 2 aliphatic rings. The molecular formula is C12H17NO4. The first-order chi connectivity index (χ1) is 8.04. The molecule has 0 aromatic heterocycles. The third-order valence-electron chi connectivity index (χ3n) is 3.56. The van der Waals surface area contributed by atoms with Gasteiger partial charge in [0.2, 0.25) is 11.8 Å². The van der Waals surface area contributed by atoms with Crippen LogP contribution < -0.4 is 0 Å². The molecule has 0 radical (unpaired) electrons. The van der Waals surface area contributed by atoms with Gasteiger partial charge in [-0.1, -0.05) is 6.92 Å². The molecule has 1 saturated heterocycles. The van der Waals surface area contributed by atoms with Gasteiger partial charge < -0.3 is 4.74 Å². The lowest BCUT2D eigenvalue weighted by atomic mass is 10.00. The van der Waals surface area contributed by atoms with Gasteiger partial charge in [-0.3, -0.25) is 19.3 Å². The Morgan fingerprint density at radius 1 is 1.29 bits per heavy atom. The SMILES string of the molecule is CCOC(=O)CN1C(=O)C2CC(C)CC2C1=O. The largest absolute Gasteiger partial charge is 0.465 e. The van der Waals surface area contributed by atoms with Gasteiger partial charge >= 0.3 is 5.97 Å². The molecule has 2 rings (SSSR count). The molecule has 5 heteroatoms. The number of hydrogen-bond donors (Lipinski definition) is 0. The second kappa shape index (κ2) is 4.47. The molecule has 2 unspecified atom stereocenters. The molecule has 1 aliphatic carbocycles. The van der Waals surface area contributed by atoms with Crippen molar-refractivity contribution in [3.63, 3.8) is 0 Å². The van der Waals surface area contributed by atoms with Gasteiger partial charge in [0.05, 0.1) is 18.4 Å². The van der Waals surface area contributed by atoms with Gasteiger partial charge in [0.15, 0.2) is 0 Å². The average molecular weight is 239 g/mol. The molecule has 2 atom stereocenters. The normalized spacial score (nSPS) is 31.9. The first-order valence-corrected chi connectivity index (χ1v) is 6.05. The minimum Gasteiger partial charge on any atom is -0.465 e. The molecule has 0 N–H and O–H groups in total. The standard InChI is InChI=1S/C12H17NO4/c1-3-17-10(14)6-13-11(15)8-4-7(2)5-9(8)12(13)16/h7-9H,3-6H2,1-2H3. The first-order valence-electron chi connectivity index (χ1n) is 6.05. The monoisotopic (exact) mass is 239 g/mol. The van der Waals surface area contributed by atoms with E-state index in [9.17, 15) is 14.4 Å². The van der Waals surface area contributed by atoms with Gasteiger partial charge in [0, 0.05) is 0 Å². The number of amides is 2. The predicted octanol–water partition coefficient (Wildman–Crippen LogP) is 0.581. The minimum absolute atomic E-state index is 0.197. The number of ether oxygens (including phenoxy) is 1. The maximum Gasteiger partial charge on any atom is 0.326 e. The van der Waals surface area contributed by atoms with Crippen LogP contribution in [0.4, 0.5) is 0 Å². The van der Waals surface area contributed by atoms with Crippen LogP contribution in [0.5, 0.6) is 0 Å². The van der Waals surface area contributed by atoms with Gasteiger partial charge in [-0.05, 0) is 25.7 Å². The Hall–Kier alpha value is -1.39. The summed E-state index contributed by atoms with van der Waals surface area (Å²) in [6.45, 7) is 3.78. The van der Waals surface area contributed by atoms with Gasteiger partial charge in [-0.2, -0.15) is 0 Å². The van der Waals surface area contributed by atoms with Gasteiger partial charge in [0.25, 0.3) is 0 Å². The van der Waals surface area contributed by atoms with E-state index in [1.807, 2.05) is 0 Å². The highest BCUT2D eigenvalue weighted by atomic mass is 16.5. The highest BCUT2D eigenvalue weighted by Gasteiger charge is 2.52. The summed E-state index contributed by atoms with van der Waals surface area (Å²) >= 11 is 0. The van der Waals surface area contributed by atoms with Crippen molar-refractivity contribution in [3.8, 4) is 0 Å². The summed E-state index contributed by atoms with van der Waals surface area (Å²) < 4.78 is 4.76. The summed E-state index contributed by atoms with van der Waals surface area (Å²) in [6.07, 6.45) is 1.52. The highest BCUT2D eigenvalue weighted by molar-refractivity contribution is 6.07. The maximum absolute atomic E-state index is 12.0. The Morgan fingerprint density at radius 2 is 1.82 bits per heavy atom. The summed E-state index contributed by atoms with van der Waals surface area (Å²) in [5, 5.41) is 0. The number of imide groups is 1. The van der Waals surface area contributed by atoms with Crippen LogP contribution in [0, 0.1) is 17.8 Å². The fourth-order valence-electron chi connectivity index (χ4n) is 2.84. The van der Waals surface area contributed by atoms with E-state index < -0.39 is 5.97 Å². The van der Waals surface area contributed by atoms with Gasteiger partial charge in [0.1, 0.15) is 6.54 Å². The maximum atomic E-state index is 12.0. The Labute approximate surface area is 100 Å². The van der Waals surface area contributed by atoms with E-state index >= 15 is 0 Å². The number of likely N-dealkylation sites (tertiary alicyclic amines) is 1. The molecule has 94 valence electrons. The predicted molar refractivity (Wildman–Crippen MR) is 58.7 cm³/mol. The lowest BCUT2D eigenvalue weighted by Gasteiger charge is -2.15. The zero-order valence-corrected chi connectivity index (χ0v) is 10.1. The number of carbonyl (C=O) groups excluding carboxylic acids is 3. The number of nitrogens with zero attached hydrogens (tertiary/aromatic N) is 1. The Bertz CT molecular complexity index is 342. The van der Waals surface area contributed by atoms with Crippen molar-refractivity contribution in [2.45, 2.75) is 26.7 Å². The fraction of sp³-hybridized carbons (Fsp3) is 0.750. The van der Waals surface area contributed by atoms with E-state index in [0.29, 0.717) is 5.92 Å². The van der Waals surface area contributed by atoms with Crippen molar-refractivity contribution >= 4 is 17.8 Å². The zero-order chi connectivity index (χ0) is 12.6. The lowest BCUT2D eigenvalue weighted by Crippen LogP contribution is -2.37. The van der Waals surface area contributed by atoms with Gasteiger partial charge in [-0.15, -0.1) is 0 Å². The summed E-state index contributed by atoms with van der Waals surface area (Å²) in [5.41, 5.74) is 0. The molecule has 2 fully saturated rings. The van der Waals surface area contributed by atoms with Gasteiger partial charge in [-0.25, -0.2) is 0 Å². The van der Waals surface area contributed by atoms with E-state index in [1.165, 1.54) is 0 Å². The van der Waals surface area contributed by atoms with Crippen LogP contribution in [0.15, 0.2) is 0 Å². The van der Waals surface area contributed by atoms with Crippen molar-refractivity contribution in [1.29, 1.82) is 0 Å². The molecule has 0 aromatic rings. The van der Waals surface area contributed by atoms with E-state index in [2.05, 4.69) is 6.92 Å². The molecule has 2 amide bonds. The van der Waals surface area contributed by atoms with Crippen molar-refractivity contribution in [3.05, 3.63) is 0 Å². The van der Waals surface area contributed by atoms with E-state index in [-0.39, 0.29) is 36.8 Å². The van der Waals surface area contributed by atoms with Crippen LogP contribution >= 0.6 is 0 Å². The average Bonchev–Trinajstić information content (AvgIpc) is 2.74. The van der Waals surface area contributed by atoms with E-state index in [1.54, 1.807) is 6.92 Å². The fourth-order valence-corrected chi connectivity index (χ4v) is 2.84. The van der Waals surface area contributed by atoms with Crippen molar-refractivity contribution in [2.75, 3.05) is 13.2 Å². The number of fused-ring (bicyclic) bond motifs is 1. The molecule has 1 aliphatic heterocycles. The topological polar surface area (TPSA) is 63.7 Å². The highest BCUT2D eigenvalue weighted by Crippen LogP contribution is 2.42. The first kappa shape index (κ1) is 12.1. The van der Waals surface area contributed by atoms with Crippen LogP contribution in [0.25, 0.3) is 0 Å². The number of rotatable bonds is 3. The molecular weight excluding hydrogens is 222 g/mol. The molecule has 1 heterocycles. The molecule has 5 nitrogen and oxygen atoms in total. The van der Waals surface area contributed by atoms with E-state index in [4.69, 9.17) is 4.74 Å².